The van der Waals surface area contributed by atoms with Crippen molar-refractivity contribution in [3.63, 3.8) is 0 Å². The molecule has 1 saturated heterocycles. The van der Waals surface area contributed by atoms with Gasteiger partial charge in [0.1, 0.15) is 23.5 Å². The average molecular weight is 366 g/mol. The van der Waals surface area contributed by atoms with Gasteiger partial charge in [0, 0.05) is 41.5 Å². The highest BCUT2D eigenvalue weighted by molar-refractivity contribution is 8.77. The zero-order chi connectivity index (χ0) is 16.7. The number of aliphatic hydroxyl groups is 1. The van der Waals surface area contributed by atoms with Crippen molar-refractivity contribution < 1.29 is 14.3 Å². The third-order valence-corrected chi connectivity index (χ3v) is 8.43. The molecule has 0 amide bonds. The molecule has 3 heterocycles. The van der Waals surface area contributed by atoms with Crippen LogP contribution in [-0.2, 0) is 6.42 Å². The van der Waals surface area contributed by atoms with Crippen LogP contribution in [0.1, 0.15) is 19.4 Å². The van der Waals surface area contributed by atoms with Crippen molar-refractivity contribution in [3.8, 4) is 5.75 Å². The zero-order valence-electron chi connectivity index (χ0n) is 14.0. The highest BCUT2D eigenvalue weighted by Crippen LogP contribution is 2.48. The van der Waals surface area contributed by atoms with Gasteiger partial charge in [-0.3, -0.25) is 0 Å². The van der Waals surface area contributed by atoms with E-state index in [2.05, 4.69) is 19.2 Å². The molecule has 2 aliphatic heterocycles. The highest BCUT2D eigenvalue weighted by atomic mass is 33.1. The number of ether oxygens (including phenoxy) is 1. The second-order valence-electron chi connectivity index (χ2n) is 7.34. The molecule has 0 spiro atoms. The Morgan fingerprint density at radius 3 is 3.08 bits per heavy atom. The number of rotatable bonds is 5. The Labute approximate surface area is 150 Å². The Balaban J connectivity index is 1.32. The summed E-state index contributed by atoms with van der Waals surface area (Å²) < 4.78 is 11.4. The van der Waals surface area contributed by atoms with Gasteiger partial charge in [0.15, 0.2) is 0 Å². The summed E-state index contributed by atoms with van der Waals surface area (Å²) in [6.07, 6.45) is 1.73. The number of nitrogens with one attached hydrogen (secondary N) is 1. The summed E-state index contributed by atoms with van der Waals surface area (Å²) in [5.41, 5.74) is 2.34. The second-order valence-corrected chi connectivity index (χ2v) is 9.91. The summed E-state index contributed by atoms with van der Waals surface area (Å²) >= 11 is 0. The Morgan fingerprint density at radius 1 is 1.42 bits per heavy atom. The molecule has 6 heteroatoms. The van der Waals surface area contributed by atoms with Gasteiger partial charge in [-0.15, -0.1) is 0 Å². The van der Waals surface area contributed by atoms with E-state index >= 15 is 0 Å². The summed E-state index contributed by atoms with van der Waals surface area (Å²) in [5, 5.41) is 15.5. The van der Waals surface area contributed by atoms with Gasteiger partial charge in [-0.25, -0.2) is 0 Å². The molecule has 0 aliphatic carbocycles. The Morgan fingerprint density at radius 2 is 2.29 bits per heavy atom. The lowest BCUT2D eigenvalue weighted by Crippen LogP contribution is -2.42. The molecule has 1 fully saturated rings. The second kappa shape index (κ2) is 6.48. The molecule has 0 saturated carbocycles. The smallest absolute Gasteiger partial charge is 0.134 e. The van der Waals surface area contributed by atoms with Crippen LogP contribution in [0.5, 0.6) is 5.75 Å². The monoisotopic (exact) mass is 365 g/mol. The Bertz CT molecular complexity index is 690. The molecular weight excluding hydrogens is 342 g/mol. The molecular formula is C18H23NO3S2. The minimum atomic E-state index is -0.508. The molecule has 130 valence electrons. The first kappa shape index (κ1) is 16.6. The molecule has 4 nitrogen and oxygen atoms in total. The predicted molar refractivity (Wildman–Crippen MR) is 101 cm³/mol. The Hall–Kier alpha value is -0.820. The SMILES string of the molecule is CC1(C)CSSC1CNCC(O)C1Cc2cc3occc3cc2O1. The van der Waals surface area contributed by atoms with Gasteiger partial charge in [0.25, 0.3) is 0 Å². The number of furan rings is 1. The van der Waals surface area contributed by atoms with Crippen molar-refractivity contribution >= 4 is 32.6 Å². The van der Waals surface area contributed by atoms with E-state index in [1.165, 1.54) is 5.75 Å². The number of hydrogen-bond donors (Lipinski definition) is 2. The number of hydrogen-bond acceptors (Lipinski definition) is 6. The van der Waals surface area contributed by atoms with Crippen LogP contribution in [-0.4, -0.2) is 41.4 Å². The van der Waals surface area contributed by atoms with Crippen LogP contribution in [0.2, 0.25) is 0 Å². The van der Waals surface area contributed by atoms with Crippen LogP contribution in [0, 0.1) is 5.41 Å². The largest absolute Gasteiger partial charge is 0.487 e. The number of fused-ring (bicyclic) bond motifs is 2. The molecule has 3 atom stereocenters. The third kappa shape index (κ3) is 3.17. The average Bonchev–Trinajstić information content (AvgIpc) is 3.22. The summed E-state index contributed by atoms with van der Waals surface area (Å²) in [7, 11) is 3.90. The lowest BCUT2D eigenvalue weighted by molar-refractivity contribution is 0.0499. The van der Waals surface area contributed by atoms with E-state index in [0.29, 0.717) is 17.2 Å². The van der Waals surface area contributed by atoms with E-state index in [1.54, 1.807) is 6.26 Å². The molecule has 3 unspecified atom stereocenters. The van der Waals surface area contributed by atoms with Gasteiger partial charge in [-0.05, 0) is 23.6 Å². The molecule has 1 aromatic heterocycles. The van der Waals surface area contributed by atoms with Crippen LogP contribution in [0.4, 0.5) is 0 Å². The lowest BCUT2D eigenvalue weighted by atomic mass is 9.91. The van der Waals surface area contributed by atoms with E-state index in [1.807, 2.05) is 39.8 Å². The minimum absolute atomic E-state index is 0.183. The first-order valence-electron chi connectivity index (χ1n) is 8.37. The molecule has 2 N–H and O–H groups in total. The summed E-state index contributed by atoms with van der Waals surface area (Å²) in [4.78, 5) is 0. The van der Waals surface area contributed by atoms with Gasteiger partial charge < -0.3 is 19.6 Å². The summed E-state index contributed by atoms with van der Waals surface area (Å²) in [5.74, 6) is 2.06. The Kier molecular flexibility index (Phi) is 4.49. The first-order valence-corrected chi connectivity index (χ1v) is 10.7. The lowest BCUT2D eigenvalue weighted by Gasteiger charge is -2.26. The van der Waals surface area contributed by atoms with Crippen LogP contribution in [0.15, 0.2) is 28.9 Å². The van der Waals surface area contributed by atoms with E-state index in [9.17, 15) is 5.11 Å². The van der Waals surface area contributed by atoms with E-state index in [-0.39, 0.29) is 6.10 Å². The maximum absolute atomic E-state index is 10.5. The van der Waals surface area contributed by atoms with Gasteiger partial charge in [0.2, 0.25) is 0 Å². The normalized spacial score (nSPS) is 26.5. The van der Waals surface area contributed by atoms with Gasteiger partial charge in [0.05, 0.1) is 6.26 Å². The van der Waals surface area contributed by atoms with Crippen molar-refractivity contribution in [1.82, 2.24) is 5.32 Å². The van der Waals surface area contributed by atoms with Crippen LogP contribution in [0.25, 0.3) is 11.0 Å². The standard InChI is InChI=1S/C18H23NO3S2/c1-18(2)10-23-24-17(18)9-19-8-13(20)16-7-12-6-14-11(3-4-21-14)5-15(12)22-16/h3-6,13,16-17,19-20H,7-10H2,1-2H3. The fourth-order valence-corrected chi connectivity index (χ4v) is 7.20. The topological polar surface area (TPSA) is 54.6 Å². The maximum atomic E-state index is 10.5. The van der Waals surface area contributed by atoms with Gasteiger partial charge >= 0.3 is 0 Å². The van der Waals surface area contributed by atoms with Gasteiger partial charge in [-0.1, -0.05) is 35.4 Å². The zero-order valence-corrected chi connectivity index (χ0v) is 15.6. The van der Waals surface area contributed by atoms with Crippen LogP contribution >= 0.6 is 21.6 Å². The quantitative estimate of drug-likeness (QED) is 0.791. The van der Waals surface area contributed by atoms with Crippen molar-refractivity contribution in [2.45, 2.75) is 37.7 Å². The highest BCUT2D eigenvalue weighted by Gasteiger charge is 2.36. The third-order valence-electron chi connectivity index (χ3n) is 4.93. The van der Waals surface area contributed by atoms with Crippen molar-refractivity contribution in [2.75, 3.05) is 18.8 Å². The van der Waals surface area contributed by atoms with E-state index < -0.39 is 6.10 Å². The van der Waals surface area contributed by atoms with E-state index in [4.69, 9.17) is 9.15 Å². The maximum Gasteiger partial charge on any atom is 0.134 e. The number of benzene rings is 1. The van der Waals surface area contributed by atoms with Crippen molar-refractivity contribution in [1.29, 1.82) is 0 Å². The minimum Gasteiger partial charge on any atom is -0.487 e. The van der Waals surface area contributed by atoms with E-state index in [0.717, 1.165) is 35.2 Å². The molecule has 24 heavy (non-hydrogen) atoms. The molecule has 2 aliphatic rings. The fraction of sp³-hybridized carbons (Fsp3) is 0.556. The molecule has 0 radical (unpaired) electrons. The molecule has 0 bridgehead atoms. The van der Waals surface area contributed by atoms with Crippen molar-refractivity contribution in [3.05, 3.63) is 30.0 Å². The molecule has 2 aromatic rings. The first-order chi connectivity index (χ1) is 11.5. The molecule has 4 rings (SSSR count). The van der Waals surface area contributed by atoms with Crippen LogP contribution < -0.4 is 10.1 Å². The van der Waals surface area contributed by atoms with Crippen molar-refractivity contribution in [2.24, 2.45) is 5.41 Å². The summed E-state index contributed by atoms with van der Waals surface area (Å²) in [6.45, 7) is 6.12. The fourth-order valence-electron chi connectivity index (χ4n) is 3.23. The summed E-state index contributed by atoms with van der Waals surface area (Å²) in [6, 6.07) is 5.96. The molecule has 1 aromatic carbocycles. The van der Waals surface area contributed by atoms with Gasteiger partial charge in [-0.2, -0.15) is 0 Å². The van der Waals surface area contributed by atoms with Crippen LogP contribution in [0.3, 0.4) is 0 Å². The predicted octanol–water partition coefficient (Wildman–Crippen LogP) is 3.48. The number of aliphatic hydroxyl groups excluding tert-OH is 1.